The molecule has 2 saturated carbocycles. The van der Waals surface area contributed by atoms with Gasteiger partial charge in [0.05, 0.1) is 11.3 Å². The summed E-state index contributed by atoms with van der Waals surface area (Å²) in [4.78, 5) is 20.3. The highest BCUT2D eigenvalue weighted by molar-refractivity contribution is 6.00. The molecule has 1 aliphatic heterocycles. The molecule has 0 unspecified atom stereocenters. The second-order valence-corrected chi connectivity index (χ2v) is 9.32. The van der Waals surface area contributed by atoms with Crippen molar-refractivity contribution >= 4 is 23.2 Å². The Kier molecular flexibility index (Phi) is 5.65. The molecule has 2 heterocycles. The Morgan fingerprint density at radius 3 is 2.25 bits per heavy atom. The molecule has 0 aromatic carbocycles. The molecule has 2 aliphatic carbocycles. The van der Waals surface area contributed by atoms with E-state index in [2.05, 4.69) is 29.4 Å². The second kappa shape index (κ2) is 8.18. The van der Waals surface area contributed by atoms with Crippen LogP contribution >= 0.6 is 0 Å². The number of carbonyl (C=O) groups is 1. The van der Waals surface area contributed by atoms with Crippen molar-refractivity contribution in [2.45, 2.75) is 77.3 Å². The van der Waals surface area contributed by atoms with Gasteiger partial charge in [-0.25, -0.2) is 4.98 Å². The van der Waals surface area contributed by atoms with Crippen molar-refractivity contribution in [1.29, 1.82) is 0 Å². The number of nitrogen functional groups attached to an aromatic ring is 1. The molecule has 0 radical (unpaired) electrons. The van der Waals surface area contributed by atoms with Crippen LogP contribution in [-0.4, -0.2) is 36.1 Å². The SMILES string of the molecule is CC1CCN(c2nc(NC3CC3)c(N)cc2C(=O)N[C@H]2CC[C@H](C)CC2)CC1. The van der Waals surface area contributed by atoms with Crippen molar-refractivity contribution < 1.29 is 4.79 Å². The van der Waals surface area contributed by atoms with Crippen LogP contribution in [0, 0.1) is 11.8 Å². The molecule has 4 N–H and O–H groups in total. The Bertz CT molecular complexity index is 701. The van der Waals surface area contributed by atoms with E-state index >= 15 is 0 Å². The maximum absolute atomic E-state index is 13.2. The predicted octanol–water partition coefficient (Wildman–Crippen LogP) is 3.78. The molecule has 28 heavy (non-hydrogen) atoms. The lowest BCUT2D eigenvalue weighted by atomic mass is 9.87. The molecule has 154 valence electrons. The summed E-state index contributed by atoms with van der Waals surface area (Å²) in [5.74, 6) is 3.01. The molecular formula is C22H35N5O. The Morgan fingerprint density at radius 2 is 1.61 bits per heavy atom. The van der Waals surface area contributed by atoms with Crippen LogP contribution in [0.25, 0.3) is 0 Å². The van der Waals surface area contributed by atoms with Gasteiger partial charge in [0.15, 0.2) is 5.82 Å². The van der Waals surface area contributed by atoms with Crippen molar-refractivity contribution in [2.75, 3.05) is 29.0 Å². The maximum atomic E-state index is 13.2. The molecule has 6 heteroatoms. The zero-order valence-corrected chi connectivity index (χ0v) is 17.3. The van der Waals surface area contributed by atoms with Gasteiger partial charge < -0.3 is 21.3 Å². The van der Waals surface area contributed by atoms with Gasteiger partial charge in [0.1, 0.15) is 5.82 Å². The highest BCUT2D eigenvalue weighted by Gasteiger charge is 2.28. The number of nitrogens with two attached hydrogens (primary N) is 1. The first-order valence-electron chi connectivity index (χ1n) is 11.1. The van der Waals surface area contributed by atoms with Crippen LogP contribution in [0.3, 0.4) is 0 Å². The number of aromatic nitrogens is 1. The molecule has 0 spiro atoms. The van der Waals surface area contributed by atoms with Crippen LogP contribution in [-0.2, 0) is 0 Å². The van der Waals surface area contributed by atoms with E-state index in [-0.39, 0.29) is 11.9 Å². The third-order valence-corrected chi connectivity index (χ3v) is 6.63. The zero-order valence-electron chi connectivity index (χ0n) is 17.3. The van der Waals surface area contributed by atoms with Gasteiger partial charge in [-0.15, -0.1) is 0 Å². The number of nitrogens with zero attached hydrogens (tertiary/aromatic N) is 2. The fraction of sp³-hybridized carbons (Fsp3) is 0.727. The summed E-state index contributed by atoms with van der Waals surface area (Å²) in [6.07, 6.45) is 9.11. The van der Waals surface area contributed by atoms with Crippen LogP contribution in [0.15, 0.2) is 6.07 Å². The van der Waals surface area contributed by atoms with Gasteiger partial charge in [0.2, 0.25) is 0 Å². The summed E-state index contributed by atoms with van der Waals surface area (Å²) in [5.41, 5.74) is 7.49. The molecule has 3 fully saturated rings. The smallest absolute Gasteiger partial charge is 0.255 e. The van der Waals surface area contributed by atoms with Crippen LogP contribution in [0.5, 0.6) is 0 Å². The van der Waals surface area contributed by atoms with Gasteiger partial charge in [0, 0.05) is 25.2 Å². The van der Waals surface area contributed by atoms with E-state index in [1.165, 1.54) is 25.7 Å². The number of hydrogen-bond acceptors (Lipinski definition) is 5. The first-order chi connectivity index (χ1) is 13.5. The summed E-state index contributed by atoms with van der Waals surface area (Å²) in [5, 5.41) is 6.69. The van der Waals surface area contributed by atoms with Gasteiger partial charge >= 0.3 is 0 Å². The highest BCUT2D eigenvalue weighted by Crippen LogP contribution is 2.33. The molecule has 4 rings (SSSR count). The lowest BCUT2D eigenvalue weighted by Gasteiger charge is -2.33. The number of piperidine rings is 1. The van der Waals surface area contributed by atoms with Crippen molar-refractivity contribution in [3.63, 3.8) is 0 Å². The summed E-state index contributed by atoms with van der Waals surface area (Å²) in [6, 6.07) is 2.59. The third-order valence-electron chi connectivity index (χ3n) is 6.63. The topological polar surface area (TPSA) is 83.3 Å². The molecule has 3 aliphatic rings. The minimum Gasteiger partial charge on any atom is -0.396 e. The zero-order chi connectivity index (χ0) is 19.7. The average molecular weight is 386 g/mol. The molecule has 0 atom stereocenters. The number of anilines is 3. The number of amides is 1. The molecule has 6 nitrogen and oxygen atoms in total. The van der Waals surface area contributed by atoms with Gasteiger partial charge in [0.25, 0.3) is 5.91 Å². The second-order valence-electron chi connectivity index (χ2n) is 9.32. The summed E-state index contributed by atoms with van der Waals surface area (Å²) in [6.45, 7) is 6.49. The van der Waals surface area contributed by atoms with Crippen LogP contribution in [0.2, 0.25) is 0 Å². The Morgan fingerprint density at radius 1 is 1.00 bits per heavy atom. The van der Waals surface area contributed by atoms with Gasteiger partial charge in [-0.2, -0.15) is 0 Å². The fourth-order valence-electron chi connectivity index (χ4n) is 4.35. The number of nitrogens with one attached hydrogen (secondary N) is 2. The number of pyridine rings is 1. The third kappa shape index (κ3) is 4.53. The first kappa shape index (κ1) is 19.3. The Hall–Kier alpha value is -1.98. The van der Waals surface area contributed by atoms with E-state index in [1.807, 2.05) is 6.07 Å². The summed E-state index contributed by atoms with van der Waals surface area (Å²) >= 11 is 0. The number of hydrogen-bond donors (Lipinski definition) is 3. The Balaban J connectivity index is 1.56. The fourth-order valence-corrected chi connectivity index (χ4v) is 4.35. The van der Waals surface area contributed by atoms with Crippen molar-refractivity contribution in [3.05, 3.63) is 11.6 Å². The van der Waals surface area contributed by atoms with Crippen LogP contribution in [0.1, 0.15) is 75.6 Å². The van der Waals surface area contributed by atoms with Gasteiger partial charge in [-0.1, -0.05) is 13.8 Å². The first-order valence-corrected chi connectivity index (χ1v) is 11.1. The van der Waals surface area contributed by atoms with Crippen LogP contribution < -0.4 is 21.3 Å². The minimum absolute atomic E-state index is 0.0228. The van der Waals surface area contributed by atoms with E-state index in [0.29, 0.717) is 17.3 Å². The number of carbonyl (C=O) groups excluding carboxylic acids is 1. The van der Waals surface area contributed by atoms with Gasteiger partial charge in [-0.05, 0) is 69.3 Å². The summed E-state index contributed by atoms with van der Waals surface area (Å²) in [7, 11) is 0. The highest BCUT2D eigenvalue weighted by atomic mass is 16.1. The van der Waals surface area contributed by atoms with E-state index in [4.69, 9.17) is 10.7 Å². The quantitative estimate of drug-likeness (QED) is 0.718. The Labute approximate surface area is 168 Å². The van der Waals surface area contributed by atoms with Crippen LogP contribution in [0.4, 0.5) is 17.3 Å². The van der Waals surface area contributed by atoms with E-state index in [0.717, 1.165) is 62.2 Å². The molecule has 1 amide bonds. The van der Waals surface area contributed by atoms with E-state index in [1.54, 1.807) is 0 Å². The predicted molar refractivity (Wildman–Crippen MR) is 115 cm³/mol. The minimum atomic E-state index is -0.0228. The van der Waals surface area contributed by atoms with Crippen molar-refractivity contribution in [2.24, 2.45) is 11.8 Å². The maximum Gasteiger partial charge on any atom is 0.255 e. The normalized spacial score (nSPS) is 26.1. The molecule has 1 saturated heterocycles. The molecular weight excluding hydrogens is 350 g/mol. The van der Waals surface area contributed by atoms with Crippen molar-refractivity contribution in [3.8, 4) is 0 Å². The lowest BCUT2D eigenvalue weighted by molar-refractivity contribution is 0.0923. The molecule has 0 bridgehead atoms. The monoisotopic (exact) mass is 385 g/mol. The van der Waals surface area contributed by atoms with E-state index in [9.17, 15) is 4.79 Å². The largest absolute Gasteiger partial charge is 0.396 e. The molecule has 1 aromatic rings. The van der Waals surface area contributed by atoms with E-state index < -0.39 is 0 Å². The molecule has 1 aromatic heterocycles. The lowest BCUT2D eigenvalue weighted by Crippen LogP contribution is -2.40. The van der Waals surface area contributed by atoms with Gasteiger partial charge in [-0.3, -0.25) is 4.79 Å². The standard InChI is InChI=1S/C22H35N5O/c1-14-3-5-17(6-4-14)25-22(28)18-13-19(23)20(24-16-7-8-16)26-21(18)27-11-9-15(2)10-12-27/h13-17H,3-12,23H2,1-2H3,(H,24,26)(H,25,28)/t14-,17-. The average Bonchev–Trinajstić information content (AvgIpc) is 3.50. The number of rotatable bonds is 5. The summed E-state index contributed by atoms with van der Waals surface area (Å²) < 4.78 is 0. The van der Waals surface area contributed by atoms with Crippen molar-refractivity contribution in [1.82, 2.24) is 10.3 Å².